The summed E-state index contributed by atoms with van der Waals surface area (Å²) in [5, 5.41) is 0.945. The lowest BCUT2D eigenvalue weighted by Crippen LogP contribution is -2.48. The van der Waals surface area contributed by atoms with E-state index >= 15 is 0 Å². The molecule has 0 N–H and O–H groups in total. The normalized spacial score (nSPS) is 25.1. The summed E-state index contributed by atoms with van der Waals surface area (Å²) in [5.74, 6) is 0.0927. The predicted octanol–water partition coefficient (Wildman–Crippen LogP) is 2.01. The van der Waals surface area contributed by atoms with E-state index < -0.39 is 0 Å². The minimum absolute atomic E-state index is 0.0927. The Morgan fingerprint density at radius 1 is 1.35 bits per heavy atom. The van der Waals surface area contributed by atoms with Gasteiger partial charge in [0.1, 0.15) is 4.88 Å². The Morgan fingerprint density at radius 2 is 1.94 bits per heavy atom. The van der Waals surface area contributed by atoms with Crippen molar-refractivity contribution >= 4 is 17.2 Å². The van der Waals surface area contributed by atoms with Crippen LogP contribution in [0.25, 0.3) is 0 Å². The number of hydrogen-bond acceptors (Lipinski definition) is 4. The molecule has 2 atom stereocenters. The van der Waals surface area contributed by atoms with Crippen LogP contribution in [0.4, 0.5) is 0 Å². The Morgan fingerprint density at radius 3 is 2.41 bits per heavy atom. The number of morpholine rings is 1. The molecule has 2 heterocycles. The lowest BCUT2D eigenvalue weighted by Gasteiger charge is -2.35. The Kier molecular flexibility index (Phi) is 3.49. The fourth-order valence-corrected chi connectivity index (χ4v) is 3.10. The topological polar surface area (TPSA) is 42.4 Å². The zero-order valence-corrected chi connectivity index (χ0v) is 11.5. The van der Waals surface area contributed by atoms with Crippen molar-refractivity contribution in [1.82, 2.24) is 9.88 Å². The molecule has 0 spiro atoms. The van der Waals surface area contributed by atoms with E-state index in [9.17, 15) is 4.79 Å². The van der Waals surface area contributed by atoms with E-state index in [1.54, 1.807) is 0 Å². The van der Waals surface area contributed by atoms with E-state index in [2.05, 4.69) is 4.98 Å². The van der Waals surface area contributed by atoms with E-state index in [-0.39, 0.29) is 18.1 Å². The highest BCUT2D eigenvalue weighted by molar-refractivity contribution is 7.13. The molecule has 5 heteroatoms. The summed E-state index contributed by atoms with van der Waals surface area (Å²) in [4.78, 5) is 19.3. The summed E-state index contributed by atoms with van der Waals surface area (Å²) in [6, 6.07) is 0. The minimum atomic E-state index is 0.0927. The van der Waals surface area contributed by atoms with Gasteiger partial charge in [0.05, 0.1) is 22.9 Å². The summed E-state index contributed by atoms with van der Waals surface area (Å²) in [6.45, 7) is 9.16. The molecular weight excluding hydrogens is 236 g/mol. The van der Waals surface area contributed by atoms with Gasteiger partial charge in [0, 0.05) is 13.1 Å². The van der Waals surface area contributed by atoms with E-state index in [0.29, 0.717) is 13.1 Å². The van der Waals surface area contributed by atoms with Crippen molar-refractivity contribution in [2.75, 3.05) is 13.1 Å². The molecule has 1 fully saturated rings. The van der Waals surface area contributed by atoms with Crippen molar-refractivity contribution in [3.63, 3.8) is 0 Å². The second-order valence-corrected chi connectivity index (χ2v) is 5.82. The van der Waals surface area contributed by atoms with Crippen LogP contribution >= 0.6 is 11.3 Å². The first-order chi connectivity index (χ1) is 7.97. The number of aryl methyl sites for hydroxylation is 2. The Labute approximate surface area is 106 Å². The first kappa shape index (κ1) is 12.5. The van der Waals surface area contributed by atoms with Gasteiger partial charge < -0.3 is 9.64 Å². The van der Waals surface area contributed by atoms with Crippen LogP contribution in [0.15, 0.2) is 0 Å². The minimum Gasteiger partial charge on any atom is -0.372 e. The second-order valence-electron chi connectivity index (χ2n) is 4.61. The smallest absolute Gasteiger partial charge is 0.266 e. The summed E-state index contributed by atoms with van der Waals surface area (Å²) in [5.41, 5.74) is 0.837. The number of amides is 1. The zero-order chi connectivity index (χ0) is 12.6. The van der Waals surface area contributed by atoms with Gasteiger partial charge in [0.25, 0.3) is 5.91 Å². The molecule has 1 aromatic rings. The highest BCUT2D eigenvalue weighted by atomic mass is 32.1. The molecule has 2 rings (SSSR count). The van der Waals surface area contributed by atoms with Gasteiger partial charge in [-0.15, -0.1) is 11.3 Å². The fourth-order valence-electron chi connectivity index (χ4n) is 2.22. The van der Waals surface area contributed by atoms with Crippen LogP contribution in [0, 0.1) is 13.8 Å². The van der Waals surface area contributed by atoms with Crippen LogP contribution in [-0.2, 0) is 4.74 Å². The molecule has 94 valence electrons. The summed E-state index contributed by atoms with van der Waals surface area (Å²) in [7, 11) is 0. The molecular formula is C12H18N2O2S. The first-order valence-corrected chi connectivity index (χ1v) is 6.67. The van der Waals surface area contributed by atoms with Gasteiger partial charge in [-0.25, -0.2) is 4.98 Å². The highest BCUT2D eigenvalue weighted by Gasteiger charge is 2.28. The predicted molar refractivity (Wildman–Crippen MR) is 67.5 cm³/mol. The molecule has 0 bridgehead atoms. The van der Waals surface area contributed by atoms with Crippen molar-refractivity contribution in [2.45, 2.75) is 39.9 Å². The average molecular weight is 254 g/mol. The standard InChI is InChI=1S/C12H18N2O2S/c1-7-5-14(6-8(2)16-7)12(15)11-9(3)13-10(4)17-11/h7-8H,5-6H2,1-4H3/t7-,8-/m0/s1. The number of hydrogen-bond donors (Lipinski definition) is 0. The van der Waals surface area contributed by atoms with Crippen LogP contribution in [0.1, 0.15) is 34.2 Å². The fraction of sp³-hybridized carbons (Fsp3) is 0.667. The number of rotatable bonds is 1. The highest BCUT2D eigenvalue weighted by Crippen LogP contribution is 2.21. The SMILES string of the molecule is Cc1nc(C)c(C(=O)N2C[C@H](C)O[C@@H](C)C2)s1. The Bertz CT molecular complexity index is 420. The third-order valence-corrected chi connectivity index (χ3v) is 3.87. The second kappa shape index (κ2) is 4.74. The summed E-state index contributed by atoms with van der Waals surface area (Å²) < 4.78 is 5.63. The van der Waals surface area contributed by atoms with E-state index in [1.165, 1.54) is 11.3 Å². The van der Waals surface area contributed by atoms with Crippen LogP contribution in [0.5, 0.6) is 0 Å². The van der Waals surface area contributed by atoms with Gasteiger partial charge in [-0.05, 0) is 27.7 Å². The van der Waals surface area contributed by atoms with Crippen molar-refractivity contribution in [3.8, 4) is 0 Å². The molecule has 1 aliphatic heterocycles. The van der Waals surface area contributed by atoms with Gasteiger partial charge in [0.2, 0.25) is 0 Å². The number of carbonyl (C=O) groups is 1. The maximum absolute atomic E-state index is 12.4. The van der Waals surface area contributed by atoms with Crippen LogP contribution in [0.3, 0.4) is 0 Å². The van der Waals surface area contributed by atoms with Gasteiger partial charge in [-0.3, -0.25) is 4.79 Å². The van der Waals surface area contributed by atoms with Gasteiger partial charge in [-0.2, -0.15) is 0 Å². The van der Waals surface area contributed by atoms with Gasteiger partial charge in [0.15, 0.2) is 0 Å². The van der Waals surface area contributed by atoms with E-state index in [1.807, 2.05) is 32.6 Å². The summed E-state index contributed by atoms with van der Waals surface area (Å²) in [6.07, 6.45) is 0.217. The molecule has 1 aliphatic rings. The van der Waals surface area contributed by atoms with Gasteiger partial charge in [-0.1, -0.05) is 0 Å². The molecule has 1 saturated heterocycles. The summed E-state index contributed by atoms with van der Waals surface area (Å²) >= 11 is 1.48. The lowest BCUT2D eigenvalue weighted by molar-refractivity contribution is -0.0585. The quantitative estimate of drug-likeness (QED) is 0.770. The number of ether oxygens (including phenoxy) is 1. The molecule has 0 aromatic carbocycles. The molecule has 0 aliphatic carbocycles. The van der Waals surface area contributed by atoms with Crippen LogP contribution < -0.4 is 0 Å². The maximum atomic E-state index is 12.4. The zero-order valence-electron chi connectivity index (χ0n) is 10.7. The largest absolute Gasteiger partial charge is 0.372 e. The first-order valence-electron chi connectivity index (χ1n) is 5.86. The van der Waals surface area contributed by atoms with Crippen LogP contribution in [0.2, 0.25) is 0 Å². The number of carbonyl (C=O) groups excluding carboxylic acids is 1. The molecule has 1 aromatic heterocycles. The van der Waals surface area contributed by atoms with Crippen LogP contribution in [-0.4, -0.2) is 41.1 Å². The average Bonchev–Trinajstić information content (AvgIpc) is 2.55. The maximum Gasteiger partial charge on any atom is 0.266 e. The van der Waals surface area contributed by atoms with Gasteiger partial charge >= 0.3 is 0 Å². The van der Waals surface area contributed by atoms with Crippen molar-refractivity contribution in [3.05, 3.63) is 15.6 Å². The number of nitrogens with zero attached hydrogens (tertiary/aromatic N) is 2. The molecule has 1 amide bonds. The molecule has 0 saturated carbocycles. The monoisotopic (exact) mass is 254 g/mol. The molecule has 4 nitrogen and oxygen atoms in total. The number of thiazole rings is 1. The van der Waals surface area contributed by atoms with Crippen molar-refractivity contribution in [2.24, 2.45) is 0 Å². The Hall–Kier alpha value is -0.940. The molecule has 0 radical (unpaired) electrons. The third kappa shape index (κ3) is 2.66. The third-order valence-electron chi connectivity index (χ3n) is 2.80. The molecule has 17 heavy (non-hydrogen) atoms. The van der Waals surface area contributed by atoms with E-state index in [4.69, 9.17) is 4.74 Å². The van der Waals surface area contributed by atoms with E-state index in [0.717, 1.165) is 15.6 Å². The molecule has 0 unspecified atom stereocenters. The lowest BCUT2D eigenvalue weighted by atomic mass is 10.2. The van der Waals surface area contributed by atoms with Crippen molar-refractivity contribution < 1.29 is 9.53 Å². The van der Waals surface area contributed by atoms with Crippen molar-refractivity contribution in [1.29, 1.82) is 0 Å². The Balaban J connectivity index is 2.17. The number of aromatic nitrogens is 1.